The van der Waals surface area contributed by atoms with Gasteiger partial charge < -0.3 is 14.4 Å². The molecule has 3 aromatic rings. The first-order valence-corrected chi connectivity index (χ1v) is 12.4. The van der Waals surface area contributed by atoms with Gasteiger partial charge in [-0.25, -0.2) is 4.98 Å². The minimum Gasteiger partial charge on any atom is -0.339 e. The third-order valence-corrected chi connectivity index (χ3v) is 7.17. The SMILES string of the molecule is CCn1c(CN2CCC[C@H](C(=O)N3CCN(C(=O)c4ccccc4)CC3)C2)nc2ccccc21. The Labute approximate surface area is 201 Å². The Kier molecular flexibility index (Phi) is 6.63. The molecule has 2 aliphatic rings. The number of rotatable bonds is 5. The summed E-state index contributed by atoms with van der Waals surface area (Å²) in [6, 6.07) is 17.7. The lowest BCUT2D eigenvalue weighted by molar-refractivity contribution is -0.139. The molecule has 0 aliphatic carbocycles. The fraction of sp³-hybridized carbons (Fsp3) is 0.444. The molecular formula is C27H33N5O2. The number of nitrogens with zero attached hydrogens (tertiary/aromatic N) is 5. The van der Waals surface area contributed by atoms with E-state index in [9.17, 15) is 9.59 Å². The predicted octanol–water partition coefficient (Wildman–Crippen LogP) is 3.25. The highest BCUT2D eigenvalue weighted by molar-refractivity contribution is 5.94. The standard InChI is InChI=1S/C27H33N5O2/c1-2-32-24-13-7-6-12-23(24)28-25(32)20-29-14-8-11-22(19-29)27(34)31-17-15-30(16-18-31)26(33)21-9-4-3-5-10-21/h3-7,9-10,12-13,22H,2,8,11,14-20H2,1H3/t22-/m0/s1. The zero-order valence-electron chi connectivity index (χ0n) is 19.9. The van der Waals surface area contributed by atoms with Gasteiger partial charge in [0.25, 0.3) is 5.91 Å². The topological polar surface area (TPSA) is 61.7 Å². The molecular weight excluding hydrogens is 426 g/mol. The van der Waals surface area contributed by atoms with E-state index in [4.69, 9.17) is 4.98 Å². The second-order valence-electron chi connectivity index (χ2n) is 9.32. The van der Waals surface area contributed by atoms with Crippen molar-refractivity contribution >= 4 is 22.8 Å². The van der Waals surface area contributed by atoms with Crippen LogP contribution in [-0.4, -0.2) is 75.3 Å². The molecule has 5 rings (SSSR count). The van der Waals surface area contributed by atoms with Gasteiger partial charge in [0.2, 0.25) is 5.91 Å². The molecule has 0 spiro atoms. The quantitative estimate of drug-likeness (QED) is 0.588. The molecule has 2 amide bonds. The van der Waals surface area contributed by atoms with Crippen molar-refractivity contribution in [1.82, 2.24) is 24.3 Å². The number of fused-ring (bicyclic) bond motifs is 1. The maximum absolute atomic E-state index is 13.3. The highest BCUT2D eigenvalue weighted by Gasteiger charge is 2.32. The summed E-state index contributed by atoms with van der Waals surface area (Å²) in [6.45, 7) is 7.99. The van der Waals surface area contributed by atoms with Gasteiger partial charge in [0.05, 0.1) is 23.5 Å². The lowest BCUT2D eigenvalue weighted by Crippen LogP contribution is -2.53. The summed E-state index contributed by atoms with van der Waals surface area (Å²) in [7, 11) is 0. The molecule has 0 bridgehead atoms. The molecule has 7 nitrogen and oxygen atoms in total. The molecule has 2 saturated heterocycles. The van der Waals surface area contributed by atoms with Crippen LogP contribution < -0.4 is 0 Å². The third-order valence-electron chi connectivity index (χ3n) is 7.17. The van der Waals surface area contributed by atoms with Gasteiger partial charge in [-0.2, -0.15) is 0 Å². The van der Waals surface area contributed by atoms with Crippen LogP contribution in [0, 0.1) is 5.92 Å². The van der Waals surface area contributed by atoms with Crippen LogP contribution >= 0.6 is 0 Å². The van der Waals surface area contributed by atoms with Crippen LogP contribution in [0.25, 0.3) is 11.0 Å². The van der Waals surface area contributed by atoms with Gasteiger partial charge in [-0.15, -0.1) is 0 Å². The molecule has 0 radical (unpaired) electrons. The summed E-state index contributed by atoms with van der Waals surface area (Å²) >= 11 is 0. The number of hydrogen-bond acceptors (Lipinski definition) is 4. The summed E-state index contributed by atoms with van der Waals surface area (Å²) in [4.78, 5) is 37.1. The van der Waals surface area contributed by atoms with Gasteiger partial charge in [0.1, 0.15) is 5.82 Å². The van der Waals surface area contributed by atoms with Crippen LogP contribution in [0.15, 0.2) is 54.6 Å². The Bertz CT molecular complexity index is 1150. The van der Waals surface area contributed by atoms with Gasteiger partial charge in [0.15, 0.2) is 0 Å². The van der Waals surface area contributed by atoms with E-state index in [1.165, 1.54) is 5.52 Å². The fourth-order valence-electron chi connectivity index (χ4n) is 5.35. The molecule has 0 saturated carbocycles. The van der Waals surface area contributed by atoms with E-state index in [0.29, 0.717) is 31.7 Å². The van der Waals surface area contributed by atoms with E-state index in [1.54, 1.807) is 0 Å². The van der Waals surface area contributed by atoms with E-state index in [-0.39, 0.29) is 17.7 Å². The number of likely N-dealkylation sites (tertiary alicyclic amines) is 1. The zero-order valence-corrected chi connectivity index (χ0v) is 19.9. The minimum atomic E-state index is 0.0181. The number of amides is 2. The van der Waals surface area contributed by atoms with Gasteiger partial charge in [-0.1, -0.05) is 30.3 Å². The van der Waals surface area contributed by atoms with Crippen molar-refractivity contribution in [3.8, 4) is 0 Å². The first-order valence-electron chi connectivity index (χ1n) is 12.4. The molecule has 3 heterocycles. The van der Waals surface area contributed by atoms with Crippen molar-refractivity contribution in [2.75, 3.05) is 39.3 Å². The van der Waals surface area contributed by atoms with Crippen LogP contribution in [0.1, 0.15) is 35.9 Å². The van der Waals surface area contributed by atoms with Crippen LogP contribution in [0.4, 0.5) is 0 Å². The van der Waals surface area contributed by atoms with Gasteiger partial charge in [0, 0.05) is 44.8 Å². The number of carbonyl (C=O) groups is 2. The number of carbonyl (C=O) groups excluding carboxylic acids is 2. The largest absolute Gasteiger partial charge is 0.339 e. The summed E-state index contributed by atoms with van der Waals surface area (Å²) < 4.78 is 2.28. The Morgan fingerprint density at radius 3 is 2.38 bits per heavy atom. The number of hydrogen-bond donors (Lipinski definition) is 0. The molecule has 2 fully saturated rings. The molecule has 1 aromatic heterocycles. The van der Waals surface area contributed by atoms with E-state index in [1.807, 2.05) is 46.2 Å². The smallest absolute Gasteiger partial charge is 0.253 e. The lowest BCUT2D eigenvalue weighted by Gasteiger charge is -2.39. The van der Waals surface area contributed by atoms with Crippen LogP contribution in [0.3, 0.4) is 0 Å². The Balaban J connectivity index is 1.19. The molecule has 0 N–H and O–H groups in total. The number of imidazole rings is 1. The van der Waals surface area contributed by atoms with E-state index < -0.39 is 0 Å². The number of piperidine rings is 1. The number of aryl methyl sites for hydroxylation is 1. The van der Waals surface area contributed by atoms with E-state index in [2.05, 4.69) is 34.6 Å². The number of benzene rings is 2. The van der Waals surface area contributed by atoms with Crippen molar-refractivity contribution in [1.29, 1.82) is 0 Å². The summed E-state index contributed by atoms with van der Waals surface area (Å²) in [5.41, 5.74) is 2.92. The summed E-state index contributed by atoms with van der Waals surface area (Å²) in [5, 5.41) is 0. The zero-order chi connectivity index (χ0) is 23.5. The highest BCUT2D eigenvalue weighted by Crippen LogP contribution is 2.23. The Morgan fingerprint density at radius 1 is 0.912 bits per heavy atom. The average molecular weight is 460 g/mol. The summed E-state index contributed by atoms with van der Waals surface area (Å²) in [6.07, 6.45) is 1.96. The molecule has 34 heavy (non-hydrogen) atoms. The predicted molar refractivity (Wildman–Crippen MR) is 132 cm³/mol. The molecule has 7 heteroatoms. The van der Waals surface area contributed by atoms with Crippen molar-refractivity contribution in [3.05, 3.63) is 66.0 Å². The normalized spacial score (nSPS) is 19.5. The summed E-state index contributed by atoms with van der Waals surface area (Å²) in [5.74, 6) is 1.38. The van der Waals surface area contributed by atoms with Gasteiger partial charge in [-0.05, 0) is 50.6 Å². The lowest BCUT2D eigenvalue weighted by atomic mass is 9.96. The molecule has 0 unspecified atom stereocenters. The fourth-order valence-corrected chi connectivity index (χ4v) is 5.35. The van der Waals surface area contributed by atoms with Crippen LogP contribution in [-0.2, 0) is 17.9 Å². The van der Waals surface area contributed by atoms with E-state index in [0.717, 1.165) is 50.4 Å². The first kappa shape index (κ1) is 22.6. The molecule has 178 valence electrons. The Hall–Kier alpha value is -3.19. The average Bonchev–Trinajstić information content (AvgIpc) is 3.25. The second kappa shape index (κ2) is 9.97. The number of piperazine rings is 1. The van der Waals surface area contributed by atoms with E-state index >= 15 is 0 Å². The molecule has 2 aromatic carbocycles. The monoisotopic (exact) mass is 459 g/mol. The Morgan fingerprint density at radius 2 is 1.62 bits per heavy atom. The van der Waals surface area contributed by atoms with Gasteiger partial charge >= 0.3 is 0 Å². The molecule has 1 atom stereocenters. The highest BCUT2D eigenvalue weighted by atomic mass is 16.2. The maximum Gasteiger partial charge on any atom is 0.253 e. The molecule has 2 aliphatic heterocycles. The van der Waals surface area contributed by atoms with Crippen molar-refractivity contribution < 1.29 is 9.59 Å². The van der Waals surface area contributed by atoms with Crippen molar-refractivity contribution in [3.63, 3.8) is 0 Å². The number of aromatic nitrogens is 2. The van der Waals surface area contributed by atoms with Crippen molar-refractivity contribution in [2.45, 2.75) is 32.9 Å². The first-order chi connectivity index (χ1) is 16.6. The van der Waals surface area contributed by atoms with Gasteiger partial charge in [-0.3, -0.25) is 14.5 Å². The minimum absolute atomic E-state index is 0.0181. The van der Waals surface area contributed by atoms with Crippen molar-refractivity contribution in [2.24, 2.45) is 5.92 Å². The van der Waals surface area contributed by atoms with Crippen LogP contribution in [0.5, 0.6) is 0 Å². The number of para-hydroxylation sites is 2. The second-order valence-corrected chi connectivity index (χ2v) is 9.32. The van der Waals surface area contributed by atoms with Crippen LogP contribution in [0.2, 0.25) is 0 Å². The third kappa shape index (κ3) is 4.57. The maximum atomic E-state index is 13.3.